The molecule has 1 unspecified atom stereocenters. The summed E-state index contributed by atoms with van der Waals surface area (Å²) >= 11 is 0. The molecule has 1 N–H and O–H groups in total. The molecule has 1 aliphatic rings. The average Bonchev–Trinajstić information content (AvgIpc) is 2.52. The first-order valence-corrected chi connectivity index (χ1v) is 6.99. The molecule has 112 valence electrons. The minimum absolute atomic E-state index is 0.0345. The zero-order valence-corrected chi connectivity index (χ0v) is 11.9. The fourth-order valence-corrected chi connectivity index (χ4v) is 2.34. The fourth-order valence-electron chi connectivity index (χ4n) is 2.34. The summed E-state index contributed by atoms with van der Waals surface area (Å²) in [5.74, 6) is -0.737. The second-order valence-corrected chi connectivity index (χ2v) is 4.82. The minimum atomic E-state index is -0.575. The summed E-state index contributed by atoms with van der Waals surface area (Å²) in [4.78, 5) is 14.0. The van der Waals surface area contributed by atoms with Crippen LogP contribution in [0, 0.1) is 17.1 Å². The van der Waals surface area contributed by atoms with E-state index in [1.165, 1.54) is 6.07 Å². The van der Waals surface area contributed by atoms with Crippen LogP contribution in [0.2, 0.25) is 0 Å². The number of rotatable bonds is 4. The molecule has 0 bridgehead atoms. The second kappa shape index (κ2) is 7.04. The summed E-state index contributed by atoms with van der Waals surface area (Å²) in [5, 5.41) is 12.0. The molecule has 0 saturated carbocycles. The number of hydrogen-bond acceptors (Lipinski definition) is 4. The van der Waals surface area contributed by atoms with E-state index in [-0.39, 0.29) is 18.1 Å². The Morgan fingerprint density at radius 3 is 3.14 bits per heavy atom. The zero-order valence-electron chi connectivity index (χ0n) is 11.9. The van der Waals surface area contributed by atoms with Gasteiger partial charge in [-0.15, -0.1) is 0 Å². The summed E-state index contributed by atoms with van der Waals surface area (Å²) in [7, 11) is 0. The number of anilines is 1. The molecule has 6 heteroatoms. The van der Waals surface area contributed by atoms with Crippen molar-refractivity contribution in [3.63, 3.8) is 0 Å². The average molecular weight is 291 g/mol. The van der Waals surface area contributed by atoms with Gasteiger partial charge in [-0.25, -0.2) is 4.39 Å². The first-order chi connectivity index (χ1) is 10.2. The van der Waals surface area contributed by atoms with Gasteiger partial charge in [0.2, 0.25) is 5.91 Å². The number of ether oxygens (including phenoxy) is 1. The van der Waals surface area contributed by atoms with E-state index in [0.29, 0.717) is 25.4 Å². The Balaban J connectivity index is 2.29. The molecule has 2 rings (SSSR count). The molecule has 0 aromatic heterocycles. The first kappa shape index (κ1) is 15.3. The number of benzene rings is 1. The third-order valence-corrected chi connectivity index (χ3v) is 3.39. The Morgan fingerprint density at radius 1 is 1.62 bits per heavy atom. The summed E-state index contributed by atoms with van der Waals surface area (Å²) < 4.78 is 19.1. The maximum absolute atomic E-state index is 13.8. The second-order valence-electron chi connectivity index (χ2n) is 4.82. The molecule has 1 amide bonds. The molecule has 5 nitrogen and oxygen atoms in total. The van der Waals surface area contributed by atoms with E-state index in [9.17, 15) is 9.18 Å². The predicted octanol–water partition coefficient (Wildman–Crippen LogP) is 1.43. The number of carbonyl (C=O) groups is 1. The maximum Gasteiger partial charge on any atom is 0.245 e. The smallest absolute Gasteiger partial charge is 0.245 e. The lowest BCUT2D eigenvalue weighted by atomic mass is 10.1. The molecular formula is C15H18FN3O2. The number of nitriles is 1. The zero-order chi connectivity index (χ0) is 15.2. The van der Waals surface area contributed by atoms with Gasteiger partial charge < -0.3 is 15.0 Å². The predicted molar refractivity (Wildman–Crippen MR) is 76.4 cm³/mol. The molecule has 21 heavy (non-hydrogen) atoms. The number of hydrogen-bond donors (Lipinski definition) is 1. The van der Waals surface area contributed by atoms with Crippen molar-refractivity contribution >= 4 is 11.6 Å². The lowest BCUT2D eigenvalue weighted by molar-refractivity contribution is -0.124. The number of nitrogens with zero attached hydrogens (tertiary/aromatic N) is 2. The van der Waals surface area contributed by atoms with Crippen LogP contribution in [0.4, 0.5) is 10.1 Å². The molecule has 1 saturated heterocycles. The van der Waals surface area contributed by atoms with Gasteiger partial charge in [-0.2, -0.15) is 5.26 Å². The molecule has 0 aliphatic carbocycles. The van der Waals surface area contributed by atoms with Gasteiger partial charge in [0.25, 0.3) is 0 Å². The molecular weight excluding hydrogens is 273 g/mol. The van der Waals surface area contributed by atoms with Crippen molar-refractivity contribution in [3.8, 4) is 6.07 Å². The number of halogens is 1. The van der Waals surface area contributed by atoms with Gasteiger partial charge in [-0.3, -0.25) is 4.79 Å². The lowest BCUT2D eigenvalue weighted by Crippen LogP contribution is -2.54. The Hall–Kier alpha value is -2.13. The monoisotopic (exact) mass is 291 g/mol. The van der Waals surface area contributed by atoms with Gasteiger partial charge in [0.05, 0.1) is 18.9 Å². The van der Waals surface area contributed by atoms with Crippen molar-refractivity contribution in [1.29, 1.82) is 5.26 Å². The largest absolute Gasteiger partial charge is 0.377 e. The van der Waals surface area contributed by atoms with Crippen molar-refractivity contribution in [2.24, 2.45) is 0 Å². The Labute approximate surface area is 123 Å². The van der Waals surface area contributed by atoms with E-state index in [0.717, 1.165) is 6.42 Å². The molecule has 1 aromatic rings. The van der Waals surface area contributed by atoms with Crippen LogP contribution >= 0.6 is 0 Å². The Kier molecular flexibility index (Phi) is 5.12. The molecule has 1 fully saturated rings. The summed E-state index contributed by atoms with van der Waals surface area (Å²) in [6.45, 7) is 3.67. The van der Waals surface area contributed by atoms with Crippen LogP contribution in [0.25, 0.3) is 0 Å². The number of nitrogens with one attached hydrogen (secondary N) is 1. The quantitative estimate of drug-likeness (QED) is 0.911. The van der Waals surface area contributed by atoms with E-state index < -0.39 is 11.9 Å². The summed E-state index contributed by atoms with van der Waals surface area (Å²) in [5.41, 5.74) is 0.408. The van der Waals surface area contributed by atoms with Crippen LogP contribution in [0.5, 0.6) is 0 Å². The van der Waals surface area contributed by atoms with E-state index in [2.05, 4.69) is 5.32 Å². The normalized spacial score (nSPS) is 18.1. The molecule has 1 heterocycles. The molecule has 1 atom stereocenters. The van der Waals surface area contributed by atoms with Crippen LogP contribution in [-0.2, 0) is 9.53 Å². The van der Waals surface area contributed by atoms with Crippen molar-refractivity contribution in [2.75, 3.05) is 31.2 Å². The van der Waals surface area contributed by atoms with Gasteiger partial charge in [0, 0.05) is 13.1 Å². The van der Waals surface area contributed by atoms with Crippen LogP contribution in [0.1, 0.15) is 18.9 Å². The lowest BCUT2D eigenvalue weighted by Gasteiger charge is -2.36. The summed E-state index contributed by atoms with van der Waals surface area (Å²) in [6, 6.07) is 5.78. The van der Waals surface area contributed by atoms with Crippen LogP contribution in [0.15, 0.2) is 18.2 Å². The molecule has 0 radical (unpaired) electrons. The van der Waals surface area contributed by atoms with Crippen LogP contribution in [0.3, 0.4) is 0 Å². The topological polar surface area (TPSA) is 65.4 Å². The highest BCUT2D eigenvalue weighted by Crippen LogP contribution is 2.26. The molecule has 1 aliphatic heterocycles. The molecule has 0 spiro atoms. The van der Waals surface area contributed by atoms with E-state index in [1.54, 1.807) is 17.0 Å². The highest BCUT2D eigenvalue weighted by molar-refractivity contribution is 5.86. The van der Waals surface area contributed by atoms with E-state index >= 15 is 0 Å². The Morgan fingerprint density at radius 2 is 2.43 bits per heavy atom. The molecule has 1 aromatic carbocycles. The number of amides is 1. The number of morpholine rings is 1. The van der Waals surface area contributed by atoms with Gasteiger partial charge >= 0.3 is 0 Å². The van der Waals surface area contributed by atoms with Crippen molar-refractivity contribution in [1.82, 2.24) is 5.32 Å². The standard InChI is InChI=1S/C15H18FN3O2/c1-2-6-18-15(20)14-10-21-8-7-19(14)13-5-3-4-12(16)11(13)9-17/h3-5,14H,2,6-8,10H2,1H3,(H,18,20). The van der Waals surface area contributed by atoms with Crippen LogP contribution in [-0.4, -0.2) is 38.3 Å². The van der Waals surface area contributed by atoms with E-state index in [1.807, 2.05) is 13.0 Å². The van der Waals surface area contributed by atoms with Gasteiger partial charge in [-0.05, 0) is 18.6 Å². The summed E-state index contributed by atoms with van der Waals surface area (Å²) in [6.07, 6.45) is 0.836. The van der Waals surface area contributed by atoms with Gasteiger partial charge in [-0.1, -0.05) is 13.0 Å². The van der Waals surface area contributed by atoms with Crippen molar-refractivity contribution in [3.05, 3.63) is 29.6 Å². The van der Waals surface area contributed by atoms with Gasteiger partial charge in [0.15, 0.2) is 0 Å². The van der Waals surface area contributed by atoms with E-state index in [4.69, 9.17) is 10.00 Å². The third kappa shape index (κ3) is 3.31. The third-order valence-electron chi connectivity index (χ3n) is 3.39. The highest BCUT2D eigenvalue weighted by atomic mass is 19.1. The Bertz CT molecular complexity index is 556. The highest BCUT2D eigenvalue weighted by Gasteiger charge is 2.31. The van der Waals surface area contributed by atoms with Gasteiger partial charge in [0.1, 0.15) is 23.5 Å². The minimum Gasteiger partial charge on any atom is -0.377 e. The first-order valence-electron chi connectivity index (χ1n) is 6.99. The maximum atomic E-state index is 13.8. The van der Waals surface area contributed by atoms with Crippen LogP contribution < -0.4 is 10.2 Å². The fraction of sp³-hybridized carbons (Fsp3) is 0.467. The SMILES string of the molecule is CCCNC(=O)C1COCCN1c1cccc(F)c1C#N. The van der Waals surface area contributed by atoms with Crippen molar-refractivity contribution in [2.45, 2.75) is 19.4 Å². The van der Waals surface area contributed by atoms with Crippen molar-refractivity contribution < 1.29 is 13.9 Å². The number of carbonyl (C=O) groups excluding carboxylic acids is 1.